The van der Waals surface area contributed by atoms with E-state index >= 15 is 0 Å². The predicted octanol–water partition coefficient (Wildman–Crippen LogP) is 1.21. The molecule has 1 atom stereocenters. The molecular weight excluding hydrogens is 282 g/mol. The van der Waals surface area contributed by atoms with E-state index in [0.29, 0.717) is 17.8 Å². The van der Waals surface area contributed by atoms with Crippen molar-refractivity contribution in [3.63, 3.8) is 0 Å². The van der Waals surface area contributed by atoms with Crippen molar-refractivity contribution < 1.29 is 14.3 Å². The van der Waals surface area contributed by atoms with Crippen molar-refractivity contribution in [3.8, 4) is 6.07 Å². The van der Waals surface area contributed by atoms with E-state index < -0.39 is 0 Å². The first-order chi connectivity index (χ1) is 10.6. The van der Waals surface area contributed by atoms with Gasteiger partial charge in [0.1, 0.15) is 6.54 Å². The van der Waals surface area contributed by atoms with Crippen LogP contribution in [0.3, 0.4) is 0 Å². The van der Waals surface area contributed by atoms with Gasteiger partial charge in [-0.2, -0.15) is 5.26 Å². The van der Waals surface area contributed by atoms with Gasteiger partial charge in [0, 0.05) is 25.8 Å². The highest BCUT2D eigenvalue weighted by Crippen LogP contribution is 2.15. The summed E-state index contributed by atoms with van der Waals surface area (Å²) in [5, 5.41) is 11.6. The van der Waals surface area contributed by atoms with Gasteiger partial charge < -0.3 is 15.0 Å². The van der Waals surface area contributed by atoms with Gasteiger partial charge in [0.15, 0.2) is 0 Å². The topological polar surface area (TPSA) is 82.4 Å². The van der Waals surface area contributed by atoms with E-state index in [0.717, 1.165) is 19.4 Å². The number of ether oxygens (including phenoxy) is 1. The Morgan fingerprint density at radius 1 is 1.41 bits per heavy atom. The summed E-state index contributed by atoms with van der Waals surface area (Å²) in [6.45, 7) is 2.57. The van der Waals surface area contributed by atoms with Gasteiger partial charge in [0.25, 0.3) is 0 Å². The van der Waals surface area contributed by atoms with Crippen molar-refractivity contribution in [2.24, 2.45) is 0 Å². The molecule has 1 N–H and O–H groups in total. The molecule has 22 heavy (non-hydrogen) atoms. The lowest BCUT2D eigenvalue weighted by Crippen LogP contribution is -2.42. The van der Waals surface area contributed by atoms with Gasteiger partial charge in [0.05, 0.1) is 17.7 Å². The van der Waals surface area contributed by atoms with E-state index in [1.807, 2.05) is 6.07 Å². The van der Waals surface area contributed by atoms with Crippen molar-refractivity contribution in [1.29, 1.82) is 5.26 Å². The van der Waals surface area contributed by atoms with Crippen LogP contribution >= 0.6 is 0 Å². The zero-order valence-electron chi connectivity index (χ0n) is 12.5. The highest BCUT2D eigenvalue weighted by atomic mass is 16.5. The monoisotopic (exact) mass is 301 g/mol. The number of amides is 2. The maximum atomic E-state index is 12.0. The van der Waals surface area contributed by atoms with Gasteiger partial charge in [-0.25, -0.2) is 0 Å². The number of nitriles is 1. The number of hydrogen-bond donors (Lipinski definition) is 1. The standard InChI is InChI=1S/C16H19N3O3/c1-12(20)19(14-6-4-13(9-17)5-7-14)11-16(21)18-10-15-3-2-8-22-15/h4-7,15H,2-3,8,10-11H2,1H3,(H,18,21). The van der Waals surface area contributed by atoms with Gasteiger partial charge in [-0.15, -0.1) is 0 Å². The first-order valence-electron chi connectivity index (χ1n) is 7.26. The Hall–Kier alpha value is -2.39. The summed E-state index contributed by atoms with van der Waals surface area (Å²) >= 11 is 0. The molecule has 1 saturated heterocycles. The normalized spacial score (nSPS) is 16.8. The van der Waals surface area contributed by atoms with Gasteiger partial charge in [-0.05, 0) is 37.1 Å². The molecule has 1 fully saturated rings. The summed E-state index contributed by atoms with van der Waals surface area (Å²) in [7, 11) is 0. The molecule has 0 radical (unpaired) electrons. The van der Waals surface area contributed by atoms with Crippen LogP contribution in [0, 0.1) is 11.3 Å². The first kappa shape index (κ1) is 16.0. The number of hydrogen-bond acceptors (Lipinski definition) is 4. The smallest absolute Gasteiger partial charge is 0.240 e. The van der Waals surface area contributed by atoms with Crippen LogP contribution in [0.4, 0.5) is 5.69 Å². The molecule has 6 heteroatoms. The third-order valence-electron chi connectivity index (χ3n) is 3.54. The Morgan fingerprint density at radius 3 is 2.68 bits per heavy atom. The summed E-state index contributed by atoms with van der Waals surface area (Å²) in [6.07, 6.45) is 2.04. The number of carbonyl (C=O) groups is 2. The highest BCUT2D eigenvalue weighted by molar-refractivity contribution is 5.97. The van der Waals surface area contributed by atoms with E-state index in [1.165, 1.54) is 11.8 Å². The summed E-state index contributed by atoms with van der Waals surface area (Å²) < 4.78 is 5.44. The summed E-state index contributed by atoms with van der Waals surface area (Å²) in [5.74, 6) is -0.452. The molecule has 2 amide bonds. The second-order valence-electron chi connectivity index (χ2n) is 5.20. The van der Waals surface area contributed by atoms with Crippen LogP contribution in [0.2, 0.25) is 0 Å². The molecule has 1 heterocycles. The number of carbonyl (C=O) groups excluding carboxylic acids is 2. The van der Waals surface area contributed by atoms with Gasteiger partial charge in [-0.3, -0.25) is 9.59 Å². The molecule has 0 saturated carbocycles. The van der Waals surface area contributed by atoms with Crippen molar-refractivity contribution in [2.75, 3.05) is 24.6 Å². The van der Waals surface area contributed by atoms with Crippen LogP contribution in [0.15, 0.2) is 24.3 Å². The molecule has 0 aromatic heterocycles. The number of benzene rings is 1. The predicted molar refractivity (Wildman–Crippen MR) is 81.2 cm³/mol. The number of nitrogens with one attached hydrogen (secondary N) is 1. The van der Waals surface area contributed by atoms with E-state index in [2.05, 4.69) is 5.32 Å². The quantitative estimate of drug-likeness (QED) is 0.886. The summed E-state index contributed by atoms with van der Waals surface area (Å²) in [5.41, 5.74) is 1.11. The van der Waals surface area contributed by atoms with E-state index in [1.54, 1.807) is 24.3 Å². The Bertz CT molecular complexity index is 571. The highest BCUT2D eigenvalue weighted by Gasteiger charge is 2.19. The zero-order chi connectivity index (χ0) is 15.9. The Labute approximate surface area is 129 Å². The minimum atomic E-state index is -0.227. The Morgan fingerprint density at radius 2 is 2.14 bits per heavy atom. The minimum absolute atomic E-state index is 0.0477. The van der Waals surface area contributed by atoms with Gasteiger partial charge in [0.2, 0.25) is 11.8 Å². The van der Waals surface area contributed by atoms with E-state index in [-0.39, 0.29) is 24.5 Å². The van der Waals surface area contributed by atoms with E-state index in [9.17, 15) is 9.59 Å². The van der Waals surface area contributed by atoms with Crippen molar-refractivity contribution in [1.82, 2.24) is 5.32 Å². The average Bonchev–Trinajstić information content (AvgIpc) is 3.04. The minimum Gasteiger partial charge on any atom is -0.376 e. The lowest BCUT2D eigenvalue weighted by Gasteiger charge is -2.21. The molecular formula is C16H19N3O3. The lowest BCUT2D eigenvalue weighted by atomic mass is 10.2. The largest absolute Gasteiger partial charge is 0.376 e. The number of anilines is 1. The molecule has 1 unspecified atom stereocenters. The fourth-order valence-corrected chi connectivity index (χ4v) is 2.33. The molecule has 6 nitrogen and oxygen atoms in total. The third-order valence-corrected chi connectivity index (χ3v) is 3.54. The van der Waals surface area contributed by atoms with Crippen LogP contribution in [0.25, 0.3) is 0 Å². The summed E-state index contributed by atoms with van der Waals surface area (Å²) in [4.78, 5) is 25.1. The SMILES string of the molecule is CC(=O)N(CC(=O)NCC1CCCO1)c1ccc(C#N)cc1. The molecule has 1 aromatic carbocycles. The van der Waals surface area contributed by atoms with Crippen molar-refractivity contribution >= 4 is 17.5 Å². The molecule has 116 valence electrons. The fraction of sp³-hybridized carbons (Fsp3) is 0.438. The van der Waals surface area contributed by atoms with Crippen LogP contribution in [0.1, 0.15) is 25.3 Å². The Kier molecular flexibility index (Phi) is 5.50. The molecule has 0 aliphatic carbocycles. The summed E-state index contributed by atoms with van der Waals surface area (Å²) in [6, 6.07) is 8.58. The second-order valence-corrected chi connectivity index (χ2v) is 5.20. The van der Waals surface area contributed by atoms with Crippen molar-refractivity contribution in [2.45, 2.75) is 25.9 Å². The van der Waals surface area contributed by atoms with Crippen LogP contribution in [-0.2, 0) is 14.3 Å². The maximum Gasteiger partial charge on any atom is 0.240 e. The fourth-order valence-electron chi connectivity index (χ4n) is 2.33. The van der Waals surface area contributed by atoms with E-state index in [4.69, 9.17) is 10.00 Å². The van der Waals surface area contributed by atoms with Gasteiger partial charge >= 0.3 is 0 Å². The molecule has 1 aliphatic heterocycles. The van der Waals surface area contributed by atoms with Crippen LogP contribution in [0.5, 0.6) is 0 Å². The maximum absolute atomic E-state index is 12.0. The zero-order valence-corrected chi connectivity index (χ0v) is 12.5. The second kappa shape index (κ2) is 7.57. The number of rotatable bonds is 5. The average molecular weight is 301 g/mol. The molecule has 1 aromatic rings. The first-order valence-corrected chi connectivity index (χ1v) is 7.26. The lowest BCUT2D eigenvalue weighted by molar-refractivity contribution is -0.123. The Balaban J connectivity index is 1.94. The molecule has 0 spiro atoms. The number of nitrogens with zero attached hydrogens (tertiary/aromatic N) is 2. The van der Waals surface area contributed by atoms with Crippen LogP contribution < -0.4 is 10.2 Å². The van der Waals surface area contributed by atoms with Crippen LogP contribution in [-0.4, -0.2) is 37.6 Å². The third kappa shape index (κ3) is 4.30. The van der Waals surface area contributed by atoms with Crippen molar-refractivity contribution in [3.05, 3.63) is 29.8 Å². The van der Waals surface area contributed by atoms with Gasteiger partial charge in [-0.1, -0.05) is 0 Å². The molecule has 1 aliphatic rings. The molecule has 0 bridgehead atoms. The molecule has 2 rings (SSSR count).